The zero-order valence-electron chi connectivity index (χ0n) is 16.5. The van der Waals surface area contributed by atoms with Crippen LogP contribution < -0.4 is 0 Å². The van der Waals surface area contributed by atoms with Crippen molar-refractivity contribution in [1.29, 1.82) is 0 Å². The molecule has 0 aliphatic heterocycles. The quantitative estimate of drug-likeness (QED) is 0.320. The Kier molecular flexibility index (Phi) is 12.6. The van der Waals surface area contributed by atoms with Crippen LogP contribution in [0.4, 0.5) is 0 Å². The number of allylic oxidation sites excluding steroid dienone is 6. The number of benzene rings is 1. The Balaban J connectivity index is 0.00000254. The molecular formula is C24H36. The number of rotatable bonds is 9. The minimum atomic E-state index is 0.928. The molecule has 0 N–H and O–H groups in total. The highest BCUT2D eigenvalue weighted by molar-refractivity contribution is 5.75. The van der Waals surface area contributed by atoms with Gasteiger partial charge in [-0.3, -0.25) is 0 Å². The molecule has 0 fully saturated rings. The Hall–Kier alpha value is -1.82. The minimum absolute atomic E-state index is 0.928. The van der Waals surface area contributed by atoms with Crippen LogP contribution in [-0.2, 0) is 6.42 Å². The first kappa shape index (κ1) is 22.2. The number of hydrogen-bond donors (Lipinski definition) is 0. The summed E-state index contributed by atoms with van der Waals surface area (Å²) in [5.74, 6) is 0. The predicted octanol–water partition coefficient (Wildman–Crippen LogP) is 7.85. The van der Waals surface area contributed by atoms with Crippen LogP contribution in [-0.4, -0.2) is 0 Å². The average molecular weight is 325 g/mol. The van der Waals surface area contributed by atoms with Gasteiger partial charge in [-0.15, -0.1) is 13.2 Å². The van der Waals surface area contributed by atoms with Gasteiger partial charge in [0.15, 0.2) is 0 Å². The van der Waals surface area contributed by atoms with Gasteiger partial charge in [-0.25, -0.2) is 0 Å². The van der Waals surface area contributed by atoms with Gasteiger partial charge < -0.3 is 0 Å². The van der Waals surface area contributed by atoms with Gasteiger partial charge in [0.05, 0.1) is 0 Å². The van der Waals surface area contributed by atoms with Crippen LogP contribution in [0.25, 0.3) is 5.57 Å². The van der Waals surface area contributed by atoms with Crippen LogP contribution in [0.2, 0.25) is 0 Å². The molecule has 1 rings (SSSR count). The highest BCUT2D eigenvalue weighted by Gasteiger charge is 2.04. The van der Waals surface area contributed by atoms with E-state index in [0.717, 1.165) is 25.7 Å². The molecule has 0 atom stereocenters. The largest absolute Gasteiger partial charge is 0.103 e. The van der Waals surface area contributed by atoms with Gasteiger partial charge in [0.2, 0.25) is 0 Å². The van der Waals surface area contributed by atoms with Crippen molar-refractivity contribution in [2.45, 2.75) is 66.7 Å². The molecule has 0 heterocycles. The maximum atomic E-state index is 3.89. The third-order valence-electron chi connectivity index (χ3n) is 3.81. The Labute approximate surface area is 150 Å². The molecule has 0 aliphatic carbocycles. The Bertz CT molecular complexity index is 555. The predicted molar refractivity (Wildman–Crippen MR) is 113 cm³/mol. The van der Waals surface area contributed by atoms with Gasteiger partial charge >= 0.3 is 0 Å². The molecule has 0 aliphatic rings. The van der Waals surface area contributed by atoms with Crippen LogP contribution in [0, 0.1) is 6.92 Å². The lowest BCUT2D eigenvalue weighted by Gasteiger charge is -2.11. The summed E-state index contributed by atoms with van der Waals surface area (Å²) < 4.78 is 0. The number of aryl methyl sites for hydroxylation is 1. The monoisotopic (exact) mass is 324 g/mol. The van der Waals surface area contributed by atoms with E-state index >= 15 is 0 Å². The summed E-state index contributed by atoms with van der Waals surface area (Å²) in [6.45, 7) is 18.3. The van der Waals surface area contributed by atoms with Crippen molar-refractivity contribution in [2.24, 2.45) is 0 Å². The van der Waals surface area contributed by atoms with Crippen LogP contribution in [0.5, 0.6) is 0 Å². The molecule has 132 valence electrons. The maximum absolute atomic E-state index is 3.89. The van der Waals surface area contributed by atoms with E-state index in [1.807, 2.05) is 26.0 Å². The van der Waals surface area contributed by atoms with Crippen molar-refractivity contribution in [3.05, 3.63) is 77.9 Å². The second kappa shape index (κ2) is 13.6. The molecule has 0 heteroatoms. The molecule has 1 aromatic carbocycles. The van der Waals surface area contributed by atoms with Crippen molar-refractivity contribution in [3.8, 4) is 0 Å². The molecule has 0 nitrogen and oxygen atoms in total. The van der Waals surface area contributed by atoms with E-state index < -0.39 is 0 Å². The zero-order chi connectivity index (χ0) is 18.4. The summed E-state index contributed by atoms with van der Waals surface area (Å²) in [6.07, 6.45) is 13.9. The first-order valence-corrected chi connectivity index (χ1v) is 9.37. The van der Waals surface area contributed by atoms with Crippen molar-refractivity contribution >= 4 is 5.57 Å². The molecule has 0 aromatic heterocycles. The normalized spacial score (nSPS) is 11.5. The summed E-state index contributed by atoms with van der Waals surface area (Å²) >= 11 is 0. The topological polar surface area (TPSA) is 0 Å². The molecule has 1 aromatic rings. The summed E-state index contributed by atoms with van der Waals surface area (Å²) in [5.41, 5.74) is 6.80. The molecule has 0 amide bonds. The van der Waals surface area contributed by atoms with Crippen LogP contribution >= 0.6 is 0 Å². The molecule has 0 spiro atoms. The highest BCUT2D eigenvalue weighted by atomic mass is 14.1. The fourth-order valence-corrected chi connectivity index (χ4v) is 2.67. The standard InChI is InChI=1S/C22H30.C2H6/c1-6-10-19(11-7-2)16-21(13-9-4)22-15-14-18(5)20(17-22)12-8-3;1-2/h6,8,13-17H,1,3,7,9-12H2,2,4-5H3;1-2H3/b19-16-,21-13+;. The lowest BCUT2D eigenvalue weighted by molar-refractivity contribution is 0.881. The Morgan fingerprint density at radius 1 is 1.08 bits per heavy atom. The van der Waals surface area contributed by atoms with Gasteiger partial charge in [-0.2, -0.15) is 0 Å². The van der Waals surface area contributed by atoms with Crippen molar-refractivity contribution < 1.29 is 0 Å². The summed E-state index contributed by atoms with van der Waals surface area (Å²) in [6, 6.07) is 6.77. The van der Waals surface area contributed by atoms with E-state index in [-0.39, 0.29) is 0 Å². The van der Waals surface area contributed by atoms with Gasteiger partial charge in [0, 0.05) is 0 Å². The van der Waals surface area contributed by atoms with E-state index in [0.29, 0.717) is 0 Å². The molecule has 0 saturated heterocycles. The highest BCUT2D eigenvalue weighted by Crippen LogP contribution is 2.24. The van der Waals surface area contributed by atoms with E-state index in [4.69, 9.17) is 0 Å². The van der Waals surface area contributed by atoms with E-state index in [1.54, 1.807) is 0 Å². The minimum Gasteiger partial charge on any atom is -0.103 e. The summed E-state index contributed by atoms with van der Waals surface area (Å²) in [4.78, 5) is 0. The summed E-state index contributed by atoms with van der Waals surface area (Å²) in [5, 5.41) is 0. The Morgan fingerprint density at radius 2 is 1.79 bits per heavy atom. The lowest BCUT2D eigenvalue weighted by atomic mass is 9.94. The first-order chi connectivity index (χ1) is 11.7. The first-order valence-electron chi connectivity index (χ1n) is 9.37. The van der Waals surface area contributed by atoms with Crippen LogP contribution in [0.1, 0.15) is 70.1 Å². The molecule has 24 heavy (non-hydrogen) atoms. The zero-order valence-corrected chi connectivity index (χ0v) is 16.5. The second-order valence-electron chi connectivity index (χ2n) is 5.75. The molecule has 0 bridgehead atoms. The van der Waals surface area contributed by atoms with Crippen molar-refractivity contribution in [3.63, 3.8) is 0 Å². The van der Waals surface area contributed by atoms with Gasteiger partial charge in [-0.05, 0) is 54.9 Å². The van der Waals surface area contributed by atoms with Gasteiger partial charge in [-0.1, -0.05) is 82.2 Å². The molecule has 0 unspecified atom stereocenters. The second-order valence-corrected chi connectivity index (χ2v) is 5.75. The average Bonchev–Trinajstić information content (AvgIpc) is 2.59. The van der Waals surface area contributed by atoms with Crippen molar-refractivity contribution in [1.82, 2.24) is 0 Å². The van der Waals surface area contributed by atoms with Crippen molar-refractivity contribution in [2.75, 3.05) is 0 Å². The smallest absolute Gasteiger partial charge is 0.00973 e. The maximum Gasteiger partial charge on any atom is -0.00973 e. The fourth-order valence-electron chi connectivity index (χ4n) is 2.67. The van der Waals surface area contributed by atoms with E-state index in [1.165, 1.54) is 34.3 Å². The van der Waals surface area contributed by atoms with Crippen LogP contribution in [0.15, 0.2) is 61.2 Å². The lowest BCUT2D eigenvalue weighted by Crippen LogP contribution is -1.92. The van der Waals surface area contributed by atoms with Gasteiger partial charge in [0.25, 0.3) is 0 Å². The summed E-state index contributed by atoms with van der Waals surface area (Å²) in [7, 11) is 0. The van der Waals surface area contributed by atoms with E-state index in [2.05, 4.69) is 64.3 Å². The SMILES string of the molecule is C=CC/C(=C/C(=C\CC)c1ccc(C)c(CC=C)c1)CCC.CC. The molecule has 0 radical (unpaired) electrons. The Morgan fingerprint density at radius 3 is 2.33 bits per heavy atom. The third-order valence-corrected chi connectivity index (χ3v) is 3.81. The molecule has 0 saturated carbocycles. The van der Waals surface area contributed by atoms with E-state index in [9.17, 15) is 0 Å². The van der Waals surface area contributed by atoms with Gasteiger partial charge in [0.1, 0.15) is 0 Å². The fraction of sp³-hybridized carbons (Fsp3) is 0.417. The van der Waals surface area contributed by atoms with Crippen LogP contribution in [0.3, 0.4) is 0 Å². The molecular weight excluding hydrogens is 288 g/mol. The number of hydrogen-bond acceptors (Lipinski definition) is 0. The third kappa shape index (κ3) is 7.64.